The molecule has 0 nitrogen and oxygen atoms in total. The third-order valence-electron chi connectivity index (χ3n) is 0. The van der Waals surface area contributed by atoms with E-state index in [-0.39, 0.29) is 12.4 Å². The molecule has 0 unspecified atom stereocenters. The number of hydrogen-bond donors (Lipinski definition) is 0. The van der Waals surface area contributed by atoms with E-state index in [0.29, 0.717) is 0 Å². The molecule has 0 N–H and O–H groups in total. The van der Waals surface area contributed by atoms with Crippen molar-refractivity contribution >= 4 is 62.0 Å². The van der Waals surface area contributed by atoms with Gasteiger partial charge in [0, 0.05) is 0 Å². The number of halogens is 5. The van der Waals surface area contributed by atoms with Crippen LogP contribution in [0.15, 0.2) is 0 Å². The molecule has 0 heterocycles. The van der Waals surface area contributed by atoms with Gasteiger partial charge >= 0.3 is 5.31 Å². The van der Waals surface area contributed by atoms with Crippen molar-refractivity contribution in [3.63, 3.8) is 0 Å². The fourth-order valence-corrected chi connectivity index (χ4v) is 0. The van der Waals surface area contributed by atoms with Crippen molar-refractivity contribution in [3.8, 4) is 0 Å². The van der Waals surface area contributed by atoms with E-state index in [1.54, 1.807) is 0 Å². The first-order valence-corrected chi connectivity index (χ1v) is 6.80. The monoisotopic (exact) mass is 204 g/mol. The van der Waals surface area contributed by atoms with Gasteiger partial charge in [-0.2, -0.15) is 0 Å². The van der Waals surface area contributed by atoms with Gasteiger partial charge in [-0.25, -0.2) is 0 Å². The van der Waals surface area contributed by atoms with Crippen molar-refractivity contribution in [2.24, 2.45) is 0 Å². The summed E-state index contributed by atoms with van der Waals surface area (Å²) in [6, 6.07) is 0. The first kappa shape index (κ1) is 10.6. The number of rotatable bonds is 0. The largest absolute Gasteiger partial charge is 0.440 e. The fourth-order valence-electron chi connectivity index (χ4n) is 0. The Kier molecular flexibility index (Phi) is 6.44. The lowest BCUT2D eigenvalue weighted by molar-refractivity contribution is 3.80. The molecule has 0 saturated heterocycles. The highest BCUT2D eigenvalue weighted by Crippen LogP contribution is 2.23. The van der Waals surface area contributed by atoms with Gasteiger partial charge in [-0.1, -0.05) is 0 Å². The van der Waals surface area contributed by atoms with Gasteiger partial charge in [0.05, 0.1) is 0 Å². The van der Waals surface area contributed by atoms with Crippen LogP contribution < -0.4 is 0 Å². The third kappa shape index (κ3) is 44.4. The van der Waals surface area contributed by atoms with Crippen LogP contribution in [0.1, 0.15) is 0 Å². The van der Waals surface area contributed by atoms with Crippen molar-refractivity contribution in [1.29, 1.82) is 0 Å². The van der Waals surface area contributed by atoms with Crippen LogP contribution in [0.5, 0.6) is 0 Å². The first-order chi connectivity index (χ1) is 2.00. The summed E-state index contributed by atoms with van der Waals surface area (Å²) in [5, 5.41) is -2.72. The second kappa shape index (κ2) is 3.64. The zero-order chi connectivity index (χ0) is 4.50. The smallest absolute Gasteiger partial charge is 0.147 e. The standard InChI is InChI=1S/Cl4Si.ClH/c1-5(2,3)4;/h;1H. The average molecular weight is 206 g/mol. The maximum absolute atomic E-state index is 4.97. The molecule has 6 heteroatoms. The van der Waals surface area contributed by atoms with Crippen molar-refractivity contribution in [2.45, 2.75) is 0 Å². The predicted molar refractivity (Wildman–Crippen MR) is 36.4 cm³/mol. The van der Waals surface area contributed by atoms with Crippen molar-refractivity contribution in [3.05, 3.63) is 0 Å². The minimum absolute atomic E-state index is 0. The van der Waals surface area contributed by atoms with Gasteiger partial charge in [0.15, 0.2) is 0 Å². The highest BCUT2D eigenvalue weighted by molar-refractivity contribution is 7.81. The van der Waals surface area contributed by atoms with E-state index < -0.39 is 5.31 Å². The van der Waals surface area contributed by atoms with Crippen molar-refractivity contribution < 1.29 is 0 Å². The molecular weight excluding hydrogens is 205 g/mol. The van der Waals surface area contributed by atoms with Crippen LogP contribution in [-0.2, 0) is 0 Å². The van der Waals surface area contributed by atoms with Crippen molar-refractivity contribution in [2.75, 3.05) is 0 Å². The SMILES string of the molecule is Cl.Cl[Si](Cl)(Cl)Cl. The summed E-state index contributed by atoms with van der Waals surface area (Å²) in [6.45, 7) is 0. The third-order valence-corrected chi connectivity index (χ3v) is 0. The molecule has 0 aliphatic carbocycles. The molecule has 0 aliphatic heterocycles. The molecule has 0 saturated carbocycles. The number of hydrogen-bond acceptors (Lipinski definition) is 0. The summed E-state index contributed by atoms with van der Waals surface area (Å²) in [5.74, 6) is 0. The van der Waals surface area contributed by atoms with E-state index >= 15 is 0 Å². The van der Waals surface area contributed by atoms with Gasteiger partial charge in [-0.15, -0.1) is 56.7 Å². The summed E-state index contributed by atoms with van der Waals surface area (Å²) in [7, 11) is 0. The van der Waals surface area contributed by atoms with Gasteiger partial charge < -0.3 is 0 Å². The molecule has 0 rings (SSSR count). The van der Waals surface area contributed by atoms with Crippen LogP contribution >= 0.6 is 56.7 Å². The molecular formula is HCl5Si. The Morgan fingerprint density at radius 2 is 0.833 bits per heavy atom. The van der Waals surface area contributed by atoms with Gasteiger partial charge in [-0.05, 0) is 0 Å². The van der Waals surface area contributed by atoms with E-state index in [2.05, 4.69) is 0 Å². The maximum atomic E-state index is 4.97. The molecule has 0 radical (unpaired) electrons. The lowest BCUT2D eigenvalue weighted by Crippen LogP contribution is -1.91. The highest BCUT2D eigenvalue weighted by atomic mass is 36.0. The molecule has 0 aromatic rings. The Hall–Kier alpha value is 1.67. The van der Waals surface area contributed by atoms with Gasteiger partial charge in [0.1, 0.15) is 0 Å². The molecule has 0 aromatic carbocycles. The Balaban J connectivity index is 0. The summed E-state index contributed by atoms with van der Waals surface area (Å²) >= 11 is 19.9. The minimum atomic E-state index is -2.72. The average Bonchev–Trinajstić information content (AvgIpc) is 0.722. The van der Waals surface area contributed by atoms with E-state index in [1.807, 2.05) is 0 Å². The molecule has 0 aliphatic rings. The normalized spacial score (nSPS) is 10.0. The van der Waals surface area contributed by atoms with E-state index in [0.717, 1.165) is 0 Å². The van der Waals surface area contributed by atoms with Crippen LogP contribution in [-0.4, -0.2) is 5.31 Å². The topological polar surface area (TPSA) is 0 Å². The molecule has 40 valence electrons. The highest BCUT2D eigenvalue weighted by Gasteiger charge is 2.19. The summed E-state index contributed by atoms with van der Waals surface area (Å²) in [6.07, 6.45) is 0. The first-order valence-electron chi connectivity index (χ1n) is 0.756. The fraction of sp³-hybridized carbons (Fsp3) is 0. The molecule has 6 heavy (non-hydrogen) atoms. The van der Waals surface area contributed by atoms with Crippen LogP contribution in [0, 0.1) is 0 Å². The maximum Gasteiger partial charge on any atom is 0.440 e. The molecule has 0 fully saturated rings. The molecule has 0 atom stereocenters. The molecule has 0 bridgehead atoms. The van der Waals surface area contributed by atoms with E-state index in [9.17, 15) is 0 Å². The van der Waals surface area contributed by atoms with E-state index in [4.69, 9.17) is 44.3 Å². The summed E-state index contributed by atoms with van der Waals surface area (Å²) < 4.78 is 0. The summed E-state index contributed by atoms with van der Waals surface area (Å²) in [4.78, 5) is 0. The lowest BCUT2D eigenvalue weighted by Gasteiger charge is -1.85. The Bertz CT molecular complexity index is 19.4. The molecule has 0 spiro atoms. The zero-order valence-corrected chi connectivity index (χ0v) is 7.26. The quantitative estimate of drug-likeness (QED) is 0.422. The summed E-state index contributed by atoms with van der Waals surface area (Å²) in [5.41, 5.74) is 0. The Morgan fingerprint density at radius 1 is 0.833 bits per heavy atom. The molecule has 0 amide bonds. The van der Waals surface area contributed by atoms with Crippen LogP contribution in [0.2, 0.25) is 0 Å². The van der Waals surface area contributed by atoms with Crippen LogP contribution in [0.4, 0.5) is 0 Å². The zero-order valence-electron chi connectivity index (χ0n) is 2.42. The van der Waals surface area contributed by atoms with Gasteiger partial charge in [0.25, 0.3) is 0 Å². The second-order valence-corrected chi connectivity index (χ2v) is 11.6. The van der Waals surface area contributed by atoms with Gasteiger partial charge in [0.2, 0.25) is 0 Å². The second-order valence-electron chi connectivity index (χ2n) is 0.429. The van der Waals surface area contributed by atoms with Crippen LogP contribution in [0.25, 0.3) is 0 Å². The van der Waals surface area contributed by atoms with Crippen molar-refractivity contribution in [1.82, 2.24) is 0 Å². The molecule has 0 aromatic heterocycles. The Labute approximate surface area is 61.9 Å². The predicted octanol–water partition coefficient (Wildman–Crippen LogP) is 2.80. The minimum Gasteiger partial charge on any atom is -0.147 e. The van der Waals surface area contributed by atoms with Crippen LogP contribution in [0.3, 0.4) is 0 Å². The lowest BCUT2D eigenvalue weighted by atomic mass is 27.6. The van der Waals surface area contributed by atoms with E-state index in [1.165, 1.54) is 0 Å². The Morgan fingerprint density at radius 3 is 0.833 bits per heavy atom. The van der Waals surface area contributed by atoms with Gasteiger partial charge in [-0.3, -0.25) is 0 Å².